The Balaban J connectivity index is 2.10. The Morgan fingerprint density at radius 3 is 2.75 bits per heavy atom. The largest absolute Gasteiger partial charge is 0.326 e. The average Bonchev–Trinajstić information content (AvgIpc) is 2.29. The third-order valence-electron chi connectivity index (χ3n) is 3.58. The van der Waals surface area contributed by atoms with Crippen molar-refractivity contribution in [2.24, 2.45) is 5.73 Å². The van der Waals surface area contributed by atoms with Gasteiger partial charge in [-0.15, -0.1) is 0 Å². The van der Waals surface area contributed by atoms with Crippen molar-refractivity contribution in [3.05, 3.63) is 0 Å². The molecule has 0 spiro atoms. The molecule has 96 valence electrons. The lowest BCUT2D eigenvalue weighted by Gasteiger charge is -2.36. The number of hydrogen-bond acceptors (Lipinski definition) is 3. The van der Waals surface area contributed by atoms with E-state index in [0.29, 0.717) is 12.1 Å². The summed E-state index contributed by atoms with van der Waals surface area (Å²) in [5.41, 5.74) is 6.30. The fraction of sp³-hybridized carbons (Fsp3) is 1.00. The van der Waals surface area contributed by atoms with Gasteiger partial charge in [0.1, 0.15) is 0 Å². The maximum absolute atomic E-state index is 6.30. The van der Waals surface area contributed by atoms with E-state index in [0.717, 1.165) is 0 Å². The van der Waals surface area contributed by atoms with Gasteiger partial charge >= 0.3 is 0 Å². The van der Waals surface area contributed by atoms with Gasteiger partial charge in [0.25, 0.3) is 0 Å². The fourth-order valence-electron chi connectivity index (χ4n) is 2.33. The van der Waals surface area contributed by atoms with Crippen LogP contribution in [0.4, 0.5) is 0 Å². The van der Waals surface area contributed by atoms with Crippen LogP contribution in [0.5, 0.6) is 0 Å². The number of unbranched alkanes of at least 4 members (excludes halogenated alkanes) is 4. The van der Waals surface area contributed by atoms with Crippen LogP contribution >= 0.6 is 11.8 Å². The number of rotatable bonds is 7. The molecule has 16 heavy (non-hydrogen) atoms. The fourth-order valence-corrected chi connectivity index (χ4v) is 3.66. The second-order valence-electron chi connectivity index (χ2n) is 4.99. The molecule has 3 heteroatoms. The SMILES string of the molecule is CCCCCCCC(N)C1CSCCN1C. The van der Waals surface area contributed by atoms with Crippen molar-refractivity contribution in [3.8, 4) is 0 Å². The van der Waals surface area contributed by atoms with E-state index in [1.54, 1.807) is 0 Å². The molecule has 2 atom stereocenters. The minimum absolute atomic E-state index is 0.388. The minimum atomic E-state index is 0.388. The zero-order valence-electron chi connectivity index (χ0n) is 11.0. The van der Waals surface area contributed by atoms with Crippen molar-refractivity contribution in [3.63, 3.8) is 0 Å². The van der Waals surface area contributed by atoms with Crippen molar-refractivity contribution >= 4 is 11.8 Å². The molecular formula is C13H28N2S. The molecule has 2 nitrogen and oxygen atoms in total. The highest BCUT2D eigenvalue weighted by Crippen LogP contribution is 2.19. The topological polar surface area (TPSA) is 29.3 Å². The first-order chi connectivity index (χ1) is 7.75. The molecule has 0 saturated carbocycles. The van der Waals surface area contributed by atoms with Gasteiger partial charge in [-0.2, -0.15) is 11.8 Å². The molecule has 1 aliphatic rings. The molecule has 0 radical (unpaired) electrons. The minimum Gasteiger partial charge on any atom is -0.326 e. The Bertz CT molecular complexity index is 175. The van der Waals surface area contributed by atoms with Gasteiger partial charge < -0.3 is 10.6 Å². The molecule has 0 amide bonds. The Morgan fingerprint density at radius 2 is 2.06 bits per heavy atom. The summed E-state index contributed by atoms with van der Waals surface area (Å²) in [6, 6.07) is 1.00. The van der Waals surface area contributed by atoms with Crippen molar-refractivity contribution in [2.75, 3.05) is 25.1 Å². The van der Waals surface area contributed by atoms with Gasteiger partial charge in [-0.1, -0.05) is 39.0 Å². The Morgan fingerprint density at radius 1 is 1.31 bits per heavy atom. The number of nitrogens with zero attached hydrogens (tertiary/aromatic N) is 1. The van der Waals surface area contributed by atoms with Gasteiger partial charge in [-0.05, 0) is 13.5 Å². The van der Waals surface area contributed by atoms with Gasteiger partial charge in [-0.25, -0.2) is 0 Å². The van der Waals surface area contributed by atoms with Crippen LogP contribution in [-0.2, 0) is 0 Å². The van der Waals surface area contributed by atoms with Gasteiger partial charge in [0.15, 0.2) is 0 Å². The van der Waals surface area contributed by atoms with Crippen LogP contribution in [0.2, 0.25) is 0 Å². The molecule has 0 aromatic rings. The van der Waals surface area contributed by atoms with Crippen LogP contribution in [-0.4, -0.2) is 42.1 Å². The third kappa shape index (κ3) is 5.07. The van der Waals surface area contributed by atoms with Crippen molar-refractivity contribution in [1.82, 2.24) is 4.90 Å². The second-order valence-corrected chi connectivity index (χ2v) is 6.14. The molecule has 1 fully saturated rings. The lowest BCUT2D eigenvalue weighted by Crippen LogP contribution is -2.50. The summed E-state index contributed by atoms with van der Waals surface area (Å²) in [5, 5.41) is 0. The second kappa shape index (κ2) is 8.37. The molecule has 1 rings (SSSR count). The summed E-state index contributed by atoms with van der Waals surface area (Å²) in [5.74, 6) is 2.50. The lowest BCUT2D eigenvalue weighted by molar-refractivity contribution is 0.228. The molecule has 2 unspecified atom stereocenters. The average molecular weight is 244 g/mol. The molecule has 1 heterocycles. The van der Waals surface area contributed by atoms with Gasteiger partial charge in [0, 0.05) is 30.1 Å². The zero-order valence-corrected chi connectivity index (χ0v) is 11.8. The van der Waals surface area contributed by atoms with E-state index in [9.17, 15) is 0 Å². The van der Waals surface area contributed by atoms with E-state index in [2.05, 4.69) is 30.6 Å². The summed E-state index contributed by atoms with van der Waals surface area (Å²) in [6.45, 7) is 3.47. The van der Waals surface area contributed by atoms with E-state index in [4.69, 9.17) is 5.73 Å². The predicted octanol–water partition coefficient (Wildman–Crippen LogP) is 2.72. The summed E-state index contributed by atoms with van der Waals surface area (Å²) in [6.07, 6.45) is 7.99. The standard InChI is InChI=1S/C13H28N2S/c1-3-4-5-6-7-8-12(14)13-11-16-10-9-15(13)2/h12-13H,3-11,14H2,1-2H3. The summed E-state index contributed by atoms with van der Waals surface area (Å²) < 4.78 is 0. The van der Waals surface area contributed by atoms with Crippen LogP contribution in [0.1, 0.15) is 45.4 Å². The van der Waals surface area contributed by atoms with E-state index in [1.807, 2.05) is 0 Å². The Hall–Kier alpha value is 0.270. The first-order valence-electron chi connectivity index (χ1n) is 6.79. The van der Waals surface area contributed by atoms with Crippen LogP contribution in [0.25, 0.3) is 0 Å². The van der Waals surface area contributed by atoms with Crippen molar-refractivity contribution in [2.45, 2.75) is 57.5 Å². The predicted molar refractivity (Wildman–Crippen MR) is 75.1 cm³/mol. The first kappa shape index (κ1) is 14.3. The van der Waals surface area contributed by atoms with Crippen molar-refractivity contribution in [1.29, 1.82) is 0 Å². The number of nitrogens with two attached hydrogens (primary N) is 1. The summed E-state index contributed by atoms with van der Waals surface area (Å²) in [4.78, 5) is 2.45. The Kier molecular flexibility index (Phi) is 7.50. The molecule has 2 N–H and O–H groups in total. The number of likely N-dealkylation sites (N-methyl/N-ethyl adjacent to an activating group) is 1. The quantitative estimate of drug-likeness (QED) is 0.698. The maximum Gasteiger partial charge on any atom is 0.0335 e. The monoisotopic (exact) mass is 244 g/mol. The van der Waals surface area contributed by atoms with E-state index in [-0.39, 0.29) is 0 Å². The highest BCUT2D eigenvalue weighted by Gasteiger charge is 2.24. The maximum atomic E-state index is 6.30. The van der Waals surface area contributed by atoms with Gasteiger partial charge in [0.05, 0.1) is 0 Å². The normalized spacial score (nSPS) is 24.6. The van der Waals surface area contributed by atoms with Crippen LogP contribution in [0.3, 0.4) is 0 Å². The van der Waals surface area contributed by atoms with Gasteiger partial charge in [0.2, 0.25) is 0 Å². The summed E-state index contributed by atoms with van der Waals surface area (Å²) >= 11 is 2.06. The lowest BCUT2D eigenvalue weighted by atomic mass is 10.0. The zero-order chi connectivity index (χ0) is 11.8. The summed E-state index contributed by atoms with van der Waals surface area (Å²) in [7, 11) is 2.22. The molecule has 0 aromatic carbocycles. The number of hydrogen-bond donors (Lipinski definition) is 1. The van der Waals surface area contributed by atoms with E-state index >= 15 is 0 Å². The van der Waals surface area contributed by atoms with Crippen LogP contribution in [0.15, 0.2) is 0 Å². The van der Waals surface area contributed by atoms with Crippen LogP contribution in [0, 0.1) is 0 Å². The van der Waals surface area contributed by atoms with E-state index < -0.39 is 0 Å². The first-order valence-corrected chi connectivity index (χ1v) is 7.94. The molecule has 1 aliphatic heterocycles. The van der Waals surface area contributed by atoms with Crippen LogP contribution < -0.4 is 5.73 Å². The van der Waals surface area contributed by atoms with E-state index in [1.165, 1.54) is 56.6 Å². The molecule has 0 bridgehead atoms. The molecule has 0 aromatic heterocycles. The van der Waals surface area contributed by atoms with Crippen molar-refractivity contribution < 1.29 is 0 Å². The van der Waals surface area contributed by atoms with Gasteiger partial charge in [-0.3, -0.25) is 0 Å². The highest BCUT2D eigenvalue weighted by molar-refractivity contribution is 7.99. The smallest absolute Gasteiger partial charge is 0.0335 e. The Labute approximate surface area is 105 Å². The molecular weight excluding hydrogens is 216 g/mol. The highest BCUT2D eigenvalue weighted by atomic mass is 32.2. The number of thioether (sulfide) groups is 1. The third-order valence-corrected chi connectivity index (χ3v) is 4.63. The molecule has 0 aliphatic carbocycles. The molecule has 1 saturated heterocycles.